The molecule has 0 saturated heterocycles. The third-order valence-corrected chi connectivity index (χ3v) is 1.79. The van der Waals surface area contributed by atoms with Crippen molar-refractivity contribution in [1.82, 2.24) is 10.6 Å². The van der Waals surface area contributed by atoms with Crippen LogP contribution in [0.2, 0.25) is 0 Å². The number of amides is 1. The van der Waals surface area contributed by atoms with Gasteiger partial charge >= 0.3 is 0 Å². The van der Waals surface area contributed by atoms with Crippen molar-refractivity contribution >= 4 is 5.91 Å². The molecule has 1 amide bonds. The van der Waals surface area contributed by atoms with Gasteiger partial charge in [0.1, 0.15) is 0 Å². The van der Waals surface area contributed by atoms with Gasteiger partial charge in [-0.05, 0) is 26.2 Å². The molecule has 0 rings (SSSR count). The van der Waals surface area contributed by atoms with E-state index < -0.39 is 0 Å². The third-order valence-electron chi connectivity index (χ3n) is 1.79. The zero-order valence-corrected chi connectivity index (χ0v) is 11.0. The molecule has 0 bridgehead atoms. The molecule has 90 valence electrons. The van der Waals surface area contributed by atoms with Gasteiger partial charge in [0.2, 0.25) is 5.91 Å². The van der Waals surface area contributed by atoms with Crippen LogP contribution in [-0.2, 0) is 4.79 Å². The van der Waals surface area contributed by atoms with Crippen LogP contribution < -0.4 is 10.6 Å². The minimum absolute atomic E-state index is 0.0710. The van der Waals surface area contributed by atoms with Gasteiger partial charge in [-0.1, -0.05) is 20.8 Å². The molecular formula is C12H26N2O. The molecule has 0 unspecified atom stereocenters. The lowest BCUT2D eigenvalue weighted by atomic mass is 9.92. The highest BCUT2D eigenvalue weighted by Crippen LogP contribution is 2.17. The van der Waals surface area contributed by atoms with Gasteiger partial charge in [0.15, 0.2) is 0 Å². The Labute approximate surface area is 94.0 Å². The number of nitrogens with one attached hydrogen (secondary N) is 2. The van der Waals surface area contributed by atoms with Gasteiger partial charge in [-0.3, -0.25) is 4.79 Å². The van der Waals surface area contributed by atoms with Crippen LogP contribution >= 0.6 is 0 Å². The van der Waals surface area contributed by atoms with Gasteiger partial charge < -0.3 is 10.6 Å². The van der Waals surface area contributed by atoms with Gasteiger partial charge in [-0.15, -0.1) is 0 Å². The van der Waals surface area contributed by atoms with Gasteiger partial charge in [0.05, 0.1) is 0 Å². The maximum atomic E-state index is 11.4. The van der Waals surface area contributed by atoms with Crippen LogP contribution in [0.25, 0.3) is 0 Å². The van der Waals surface area contributed by atoms with Gasteiger partial charge in [-0.25, -0.2) is 0 Å². The smallest absolute Gasteiger partial charge is 0.220 e. The average Bonchev–Trinajstić information content (AvgIpc) is 1.92. The molecule has 0 aromatic rings. The van der Waals surface area contributed by atoms with Crippen LogP contribution in [-0.4, -0.2) is 24.5 Å². The standard InChI is InChI=1S/C12H26N2O/c1-11(2,3)9-10(15)13-7-8-14-12(4,5)6/h14H,7-9H2,1-6H3,(H,13,15). The number of carbonyl (C=O) groups excluding carboxylic acids is 1. The van der Waals surface area contributed by atoms with E-state index in [9.17, 15) is 4.79 Å². The van der Waals surface area contributed by atoms with Crippen molar-refractivity contribution in [3.05, 3.63) is 0 Å². The van der Waals surface area contributed by atoms with Crippen molar-refractivity contribution < 1.29 is 4.79 Å². The van der Waals surface area contributed by atoms with Crippen molar-refractivity contribution in [2.45, 2.75) is 53.5 Å². The topological polar surface area (TPSA) is 41.1 Å². The fourth-order valence-corrected chi connectivity index (χ4v) is 1.18. The Balaban J connectivity index is 3.57. The average molecular weight is 214 g/mol. The molecule has 0 atom stereocenters. The van der Waals surface area contributed by atoms with Crippen molar-refractivity contribution in [2.75, 3.05) is 13.1 Å². The summed E-state index contributed by atoms with van der Waals surface area (Å²) in [6.07, 6.45) is 0.586. The van der Waals surface area contributed by atoms with Crippen molar-refractivity contribution in [3.63, 3.8) is 0 Å². The maximum absolute atomic E-state index is 11.4. The second-order valence-corrected chi connectivity index (χ2v) is 6.26. The Hall–Kier alpha value is -0.570. The van der Waals surface area contributed by atoms with Crippen LogP contribution in [0.5, 0.6) is 0 Å². The molecule has 0 heterocycles. The van der Waals surface area contributed by atoms with E-state index in [0.29, 0.717) is 13.0 Å². The highest BCUT2D eigenvalue weighted by atomic mass is 16.1. The van der Waals surface area contributed by atoms with E-state index in [-0.39, 0.29) is 16.9 Å². The molecule has 0 aliphatic rings. The fourth-order valence-electron chi connectivity index (χ4n) is 1.18. The second-order valence-electron chi connectivity index (χ2n) is 6.26. The summed E-state index contributed by atoms with van der Waals surface area (Å²) in [5.74, 6) is 0.137. The molecule has 0 radical (unpaired) electrons. The highest BCUT2D eigenvalue weighted by molar-refractivity contribution is 5.76. The van der Waals surface area contributed by atoms with Crippen LogP contribution in [0.1, 0.15) is 48.0 Å². The molecule has 0 aromatic carbocycles. The first-order valence-electron chi connectivity index (χ1n) is 5.62. The van der Waals surface area contributed by atoms with Crippen LogP contribution in [0.4, 0.5) is 0 Å². The highest BCUT2D eigenvalue weighted by Gasteiger charge is 2.15. The summed E-state index contributed by atoms with van der Waals surface area (Å²) in [6, 6.07) is 0. The van der Waals surface area contributed by atoms with Crippen molar-refractivity contribution in [3.8, 4) is 0 Å². The Morgan fingerprint density at radius 2 is 1.53 bits per heavy atom. The van der Waals surface area contributed by atoms with Gasteiger partial charge in [0, 0.05) is 25.0 Å². The summed E-state index contributed by atoms with van der Waals surface area (Å²) in [5.41, 5.74) is 0.191. The molecule has 0 spiro atoms. The summed E-state index contributed by atoms with van der Waals surface area (Å²) in [7, 11) is 0. The first-order valence-corrected chi connectivity index (χ1v) is 5.62. The molecule has 3 nitrogen and oxygen atoms in total. The lowest BCUT2D eigenvalue weighted by molar-refractivity contribution is -0.122. The summed E-state index contributed by atoms with van der Waals surface area (Å²) in [4.78, 5) is 11.4. The van der Waals surface area contributed by atoms with Gasteiger partial charge in [0.25, 0.3) is 0 Å². The minimum Gasteiger partial charge on any atom is -0.355 e. The predicted molar refractivity (Wildman–Crippen MR) is 64.8 cm³/mol. The normalized spacial score (nSPS) is 12.7. The van der Waals surface area contributed by atoms with E-state index in [0.717, 1.165) is 6.54 Å². The molecule has 3 heteroatoms. The maximum Gasteiger partial charge on any atom is 0.220 e. The molecule has 0 fully saturated rings. The molecule has 0 saturated carbocycles. The summed E-state index contributed by atoms with van der Waals surface area (Å²) in [5, 5.41) is 6.24. The summed E-state index contributed by atoms with van der Waals surface area (Å²) >= 11 is 0. The minimum atomic E-state index is 0.0710. The monoisotopic (exact) mass is 214 g/mol. The van der Waals surface area contributed by atoms with Crippen LogP contribution in [0, 0.1) is 5.41 Å². The summed E-state index contributed by atoms with van der Waals surface area (Å²) < 4.78 is 0. The van der Waals surface area contributed by atoms with E-state index in [2.05, 4.69) is 52.2 Å². The van der Waals surface area contributed by atoms with Crippen molar-refractivity contribution in [2.24, 2.45) is 5.41 Å². The van der Waals surface area contributed by atoms with E-state index in [1.165, 1.54) is 0 Å². The molecular weight excluding hydrogens is 188 g/mol. The third kappa shape index (κ3) is 11.4. The zero-order valence-electron chi connectivity index (χ0n) is 11.0. The molecule has 0 aromatic heterocycles. The Kier molecular flexibility index (Phi) is 5.29. The first kappa shape index (κ1) is 14.4. The Morgan fingerprint density at radius 1 is 1.00 bits per heavy atom. The predicted octanol–water partition coefficient (Wildman–Crippen LogP) is 1.93. The largest absolute Gasteiger partial charge is 0.355 e. The quantitative estimate of drug-likeness (QED) is 0.702. The van der Waals surface area contributed by atoms with E-state index in [4.69, 9.17) is 0 Å². The van der Waals surface area contributed by atoms with E-state index >= 15 is 0 Å². The Bertz CT molecular complexity index is 199. The Morgan fingerprint density at radius 3 is 1.93 bits per heavy atom. The number of hydrogen-bond donors (Lipinski definition) is 2. The van der Waals surface area contributed by atoms with Crippen LogP contribution in [0.15, 0.2) is 0 Å². The van der Waals surface area contributed by atoms with Crippen molar-refractivity contribution in [1.29, 1.82) is 0 Å². The number of rotatable bonds is 4. The lowest BCUT2D eigenvalue weighted by Gasteiger charge is -2.21. The number of carbonyl (C=O) groups is 1. The van der Waals surface area contributed by atoms with Gasteiger partial charge in [-0.2, -0.15) is 0 Å². The first-order chi connectivity index (χ1) is 6.60. The second kappa shape index (κ2) is 5.50. The molecule has 15 heavy (non-hydrogen) atoms. The van der Waals surface area contributed by atoms with E-state index in [1.54, 1.807) is 0 Å². The van der Waals surface area contributed by atoms with E-state index in [1.807, 2.05) is 0 Å². The molecule has 0 aliphatic heterocycles. The SMILES string of the molecule is CC(C)(C)CC(=O)NCCNC(C)(C)C. The fraction of sp³-hybridized carbons (Fsp3) is 0.917. The lowest BCUT2D eigenvalue weighted by Crippen LogP contribution is -2.41. The molecule has 0 aliphatic carbocycles. The zero-order chi connectivity index (χ0) is 12.1. The summed E-state index contributed by atoms with van der Waals surface area (Å²) in [6.45, 7) is 14.1. The number of hydrogen-bond acceptors (Lipinski definition) is 2. The molecule has 2 N–H and O–H groups in total. The van der Waals surface area contributed by atoms with Crippen LogP contribution in [0.3, 0.4) is 0 Å².